The van der Waals surface area contributed by atoms with Crippen molar-refractivity contribution in [3.05, 3.63) is 52.0 Å². The predicted molar refractivity (Wildman–Crippen MR) is 105 cm³/mol. The van der Waals surface area contributed by atoms with Crippen LogP contribution < -0.4 is 10.2 Å². The average molecular weight is 381 g/mol. The fraction of sp³-hybridized carbons (Fsp3) is 0.263. The molecular formula is C19H19N5O2S. The highest BCUT2D eigenvalue weighted by Gasteiger charge is 2.21. The molecule has 1 aromatic carbocycles. The number of esters is 1. The van der Waals surface area contributed by atoms with E-state index in [-0.39, 0.29) is 5.97 Å². The van der Waals surface area contributed by atoms with Gasteiger partial charge in [0.15, 0.2) is 0 Å². The van der Waals surface area contributed by atoms with Gasteiger partial charge in [-0.2, -0.15) is 4.98 Å². The molecule has 2 aromatic heterocycles. The van der Waals surface area contributed by atoms with Crippen molar-refractivity contribution in [2.24, 2.45) is 0 Å². The summed E-state index contributed by atoms with van der Waals surface area (Å²) in [6.45, 7) is 2.95. The van der Waals surface area contributed by atoms with Gasteiger partial charge in [-0.15, -0.1) is 11.3 Å². The topological polar surface area (TPSA) is 80.2 Å². The summed E-state index contributed by atoms with van der Waals surface area (Å²) in [4.78, 5) is 27.6. The molecule has 1 aliphatic heterocycles. The predicted octanol–water partition coefficient (Wildman–Crippen LogP) is 3.86. The van der Waals surface area contributed by atoms with Crippen LogP contribution in [0, 0.1) is 6.92 Å². The minimum Gasteiger partial charge on any atom is -0.465 e. The van der Waals surface area contributed by atoms with Crippen LogP contribution in [0.1, 0.15) is 27.2 Å². The number of hydrogen-bond acceptors (Lipinski definition) is 8. The number of rotatable bonds is 4. The number of benzene rings is 1. The minimum atomic E-state index is -0.387. The van der Waals surface area contributed by atoms with Crippen LogP contribution >= 0.6 is 11.3 Å². The SMILES string of the molecule is COC(=O)c1sccc1Nc1ncnc(N2CCCc3cc(C)ccc32)n1. The molecule has 3 heterocycles. The maximum Gasteiger partial charge on any atom is 0.350 e. The van der Waals surface area contributed by atoms with Gasteiger partial charge in [-0.05, 0) is 42.8 Å². The van der Waals surface area contributed by atoms with Crippen LogP contribution in [0.25, 0.3) is 0 Å². The van der Waals surface area contributed by atoms with Crippen molar-refractivity contribution in [3.63, 3.8) is 0 Å². The van der Waals surface area contributed by atoms with Crippen LogP contribution in [0.2, 0.25) is 0 Å². The molecule has 3 aromatic rings. The largest absolute Gasteiger partial charge is 0.465 e. The molecule has 1 aliphatic rings. The summed E-state index contributed by atoms with van der Waals surface area (Å²) in [5.41, 5.74) is 4.32. The van der Waals surface area contributed by atoms with Crippen molar-refractivity contribution in [3.8, 4) is 0 Å². The molecule has 0 saturated heterocycles. The number of aryl methyl sites for hydroxylation is 2. The quantitative estimate of drug-likeness (QED) is 0.687. The van der Waals surface area contributed by atoms with Gasteiger partial charge in [0.2, 0.25) is 11.9 Å². The summed E-state index contributed by atoms with van der Waals surface area (Å²) in [7, 11) is 1.36. The maximum absolute atomic E-state index is 11.9. The molecule has 4 rings (SSSR count). The van der Waals surface area contributed by atoms with Crippen molar-refractivity contribution in [2.45, 2.75) is 19.8 Å². The summed E-state index contributed by atoms with van der Waals surface area (Å²) < 4.78 is 4.81. The average Bonchev–Trinajstić information content (AvgIpc) is 3.15. The fourth-order valence-corrected chi connectivity index (χ4v) is 3.96. The van der Waals surface area contributed by atoms with Gasteiger partial charge in [0.1, 0.15) is 11.2 Å². The summed E-state index contributed by atoms with van der Waals surface area (Å²) in [5.74, 6) is 0.594. The molecule has 1 N–H and O–H groups in total. The lowest BCUT2D eigenvalue weighted by molar-refractivity contribution is 0.0607. The summed E-state index contributed by atoms with van der Waals surface area (Å²) in [6.07, 6.45) is 3.58. The monoisotopic (exact) mass is 381 g/mol. The minimum absolute atomic E-state index is 0.387. The number of anilines is 4. The number of methoxy groups -OCH3 is 1. The van der Waals surface area contributed by atoms with Crippen molar-refractivity contribution in [1.29, 1.82) is 0 Å². The van der Waals surface area contributed by atoms with Gasteiger partial charge in [0.05, 0.1) is 12.8 Å². The van der Waals surface area contributed by atoms with E-state index in [0.29, 0.717) is 22.5 Å². The van der Waals surface area contributed by atoms with E-state index in [0.717, 1.165) is 25.1 Å². The van der Waals surface area contributed by atoms with Crippen molar-refractivity contribution in [1.82, 2.24) is 15.0 Å². The Hall–Kier alpha value is -3.00. The fourth-order valence-electron chi connectivity index (χ4n) is 3.19. The van der Waals surface area contributed by atoms with Gasteiger partial charge in [-0.3, -0.25) is 0 Å². The molecule has 0 saturated carbocycles. The number of carbonyl (C=O) groups is 1. The molecule has 0 unspecified atom stereocenters. The molecule has 0 fully saturated rings. The van der Waals surface area contributed by atoms with E-state index in [1.807, 2.05) is 5.38 Å². The Morgan fingerprint density at radius 3 is 3.04 bits per heavy atom. The van der Waals surface area contributed by atoms with E-state index in [1.54, 1.807) is 6.07 Å². The second kappa shape index (κ2) is 7.32. The van der Waals surface area contributed by atoms with Crippen molar-refractivity contribution in [2.75, 3.05) is 23.9 Å². The molecule has 0 radical (unpaired) electrons. The molecule has 0 aliphatic carbocycles. The molecule has 7 nitrogen and oxygen atoms in total. The molecule has 0 spiro atoms. The zero-order chi connectivity index (χ0) is 18.8. The number of carbonyl (C=O) groups excluding carboxylic acids is 1. The third-order valence-corrected chi connectivity index (χ3v) is 5.33. The smallest absolute Gasteiger partial charge is 0.350 e. The van der Waals surface area contributed by atoms with Gasteiger partial charge in [-0.25, -0.2) is 14.8 Å². The summed E-state index contributed by atoms with van der Waals surface area (Å²) in [6, 6.07) is 8.25. The molecule has 27 heavy (non-hydrogen) atoms. The van der Waals surface area contributed by atoms with E-state index in [9.17, 15) is 4.79 Å². The first-order valence-corrected chi connectivity index (χ1v) is 9.52. The second-order valence-corrected chi connectivity index (χ2v) is 7.19. The van der Waals surface area contributed by atoms with Crippen LogP contribution in [-0.2, 0) is 11.2 Å². The number of fused-ring (bicyclic) bond motifs is 1. The van der Waals surface area contributed by atoms with Gasteiger partial charge in [0.25, 0.3) is 0 Å². The lowest BCUT2D eigenvalue weighted by Crippen LogP contribution is -2.26. The van der Waals surface area contributed by atoms with Crippen LogP contribution in [0.15, 0.2) is 36.0 Å². The van der Waals surface area contributed by atoms with Gasteiger partial charge in [-0.1, -0.05) is 17.7 Å². The van der Waals surface area contributed by atoms with Crippen LogP contribution in [-0.4, -0.2) is 34.6 Å². The highest BCUT2D eigenvalue weighted by molar-refractivity contribution is 7.12. The first kappa shape index (κ1) is 17.4. The Bertz CT molecular complexity index is 988. The first-order chi connectivity index (χ1) is 13.2. The molecule has 0 atom stereocenters. The molecule has 8 heteroatoms. The molecule has 138 valence electrons. The molecule has 0 bridgehead atoms. The van der Waals surface area contributed by atoms with Gasteiger partial charge in [0, 0.05) is 12.2 Å². The van der Waals surface area contributed by atoms with E-state index in [4.69, 9.17) is 4.74 Å². The number of nitrogens with one attached hydrogen (secondary N) is 1. The van der Waals surface area contributed by atoms with Gasteiger partial charge < -0.3 is 15.0 Å². The van der Waals surface area contributed by atoms with Crippen LogP contribution in [0.5, 0.6) is 0 Å². The molecule has 0 amide bonds. The van der Waals surface area contributed by atoms with Gasteiger partial charge >= 0.3 is 5.97 Å². The Morgan fingerprint density at radius 1 is 1.30 bits per heavy atom. The lowest BCUT2D eigenvalue weighted by atomic mass is 10.00. The molecular weight excluding hydrogens is 362 g/mol. The van der Waals surface area contributed by atoms with Crippen molar-refractivity contribution >= 4 is 40.6 Å². The zero-order valence-corrected chi connectivity index (χ0v) is 15.9. The van der Waals surface area contributed by atoms with Crippen molar-refractivity contribution < 1.29 is 9.53 Å². The van der Waals surface area contributed by atoms with E-state index in [1.165, 1.54) is 35.9 Å². The van der Waals surface area contributed by atoms with E-state index >= 15 is 0 Å². The maximum atomic E-state index is 11.9. The number of aromatic nitrogens is 3. The first-order valence-electron chi connectivity index (χ1n) is 8.64. The Balaban J connectivity index is 1.63. The lowest BCUT2D eigenvalue weighted by Gasteiger charge is -2.29. The number of thiophene rings is 1. The standard InChI is InChI=1S/C19H19N5O2S/c1-12-5-6-15-13(10-12)4-3-8-24(15)19-21-11-20-18(23-19)22-14-7-9-27-16(14)17(25)26-2/h5-7,9-11H,3-4,8H2,1-2H3,(H,20,21,22,23). The number of ether oxygens (including phenoxy) is 1. The van der Waals surface area contributed by atoms with E-state index in [2.05, 4.69) is 50.3 Å². The number of hydrogen-bond donors (Lipinski definition) is 1. The highest BCUT2D eigenvalue weighted by Crippen LogP contribution is 2.32. The zero-order valence-electron chi connectivity index (χ0n) is 15.1. The third-order valence-electron chi connectivity index (χ3n) is 4.44. The highest BCUT2D eigenvalue weighted by atomic mass is 32.1. The van der Waals surface area contributed by atoms with Crippen LogP contribution in [0.3, 0.4) is 0 Å². The summed E-state index contributed by atoms with van der Waals surface area (Å²) in [5, 5.41) is 4.92. The normalized spacial score (nSPS) is 13.2. The Labute approximate surface area is 161 Å². The number of nitrogens with zero attached hydrogens (tertiary/aromatic N) is 4. The summed E-state index contributed by atoms with van der Waals surface area (Å²) >= 11 is 1.31. The Kier molecular flexibility index (Phi) is 4.72. The van der Waals surface area contributed by atoms with Crippen LogP contribution in [0.4, 0.5) is 23.3 Å². The third kappa shape index (κ3) is 3.48. The van der Waals surface area contributed by atoms with E-state index < -0.39 is 0 Å². The second-order valence-electron chi connectivity index (χ2n) is 6.28. The Morgan fingerprint density at radius 2 is 2.19 bits per heavy atom.